The molecule has 2 aliphatic heterocycles. The lowest BCUT2D eigenvalue weighted by molar-refractivity contribution is -0.117. The van der Waals surface area contributed by atoms with Crippen LogP contribution in [0.3, 0.4) is 0 Å². The van der Waals surface area contributed by atoms with E-state index in [0.29, 0.717) is 12.1 Å². The van der Waals surface area contributed by atoms with Crippen LogP contribution in [0.5, 0.6) is 5.75 Å². The second-order valence-electron chi connectivity index (χ2n) is 5.21. The van der Waals surface area contributed by atoms with Gasteiger partial charge >= 0.3 is 0 Å². The minimum Gasteiger partial charge on any atom is -0.506 e. The quantitative estimate of drug-likeness (QED) is 0.727. The van der Waals surface area contributed by atoms with E-state index in [-0.39, 0.29) is 29.9 Å². The third-order valence-corrected chi connectivity index (χ3v) is 4.79. The SMILES string of the molecule is CC1=C(c2ccc(O)c(N3CC(=O)NS3)c2F)CNC1C. The molecule has 0 aliphatic carbocycles. The molecule has 1 atom stereocenters. The van der Waals surface area contributed by atoms with Crippen molar-refractivity contribution < 1.29 is 14.3 Å². The molecule has 7 heteroatoms. The molecule has 1 amide bonds. The smallest absolute Gasteiger partial charge is 0.251 e. The number of phenolic OH excluding ortho intramolecular Hbond substituents is 1. The van der Waals surface area contributed by atoms with Crippen LogP contribution in [-0.2, 0) is 4.79 Å². The molecule has 0 bridgehead atoms. The average Bonchev–Trinajstić information content (AvgIpc) is 2.99. The molecule has 1 unspecified atom stereocenters. The predicted octanol–water partition coefficient (Wildman–Crippen LogP) is 1.80. The standard InChI is InChI=1S/C14H16FN3O2S/c1-7-8(2)16-5-10(7)9-3-4-11(19)14(13(9)15)18-6-12(20)17-21-18/h3-4,8,16,19H,5-6H2,1-2H3,(H,17,20). The van der Waals surface area contributed by atoms with Crippen LogP contribution in [0.4, 0.5) is 10.1 Å². The van der Waals surface area contributed by atoms with Crippen molar-refractivity contribution in [2.75, 3.05) is 17.4 Å². The number of hydrogen-bond donors (Lipinski definition) is 3. The van der Waals surface area contributed by atoms with Crippen molar-refractivity contribution in [3.05, 3.63) is 29.1 Å². The lowest BCUT2D eigenvalue weighted by Gasteiger charge is -2.18. The lowest BCUT2D eigenvalue weighted by Crippen LogP contribution is -2.20. The van der Waals surface area contributed by atoms with E-state index in [9.17, 15) is 14.3 Å². The highest BCUT2D eigenvalue weighted by atomic mass is 32.2. The summed E-state index contributed by atoms with van der Waals surface area (Å²) in [5.41, 5.74) is 2.52. The summed E-state index contributed by atoms with van der Waals surface area (Å²) in [5, 5.41) is 13.2. The van der Waals surface area contributed by atoms with Crippen molar-refractivity contribution in [1.29, 1.82) is 0 Å². The average molecular weight is 309 g/mol. The Morgan fingerprint density at radius 1 is 1.48 bits per heavy atom. The van der Waals surface area contributed by atoms with Crippen molar-refractivity contribution in [3.63, 3.8) is 0 Å². The fraction of sp³-hybridized carbons (Fsp3) is 0.357. The summed E-state index contributed by atoms with van der Waals surface area (Å²) in [6.07, 6.45) is 0. The maximum absolute atomic E-state index is 14.8. The highest BCUT2D eigenvalue weighted by Crippen LogP contribution is 2.39. The molecule has 0 aromatic heterocycles. The Labute approximate surface area is 126 Å². The van der Waals surface area contributed by atoms with Gasteiger partial charge in [-0.2, -0.15) is 0 Å². The van der Waals surface area contributed by atoms with E-state index >= 15 is 0 Å². The normalized spacial score (nSPS) is 22.1. The topological polar surface area (TPSA) is 64.6 Å². The van der Waals surface area contributed by atoms with E-state index < -0.39 is 5.82 Å². The van der Waals surface area contributed by atoms with Crippen molar-refractivity contribution in [2.45, 2.75) is 19.9 Å². The molecule has 2 aliphatic rings. The van der Waals surface area contributed by atoms with Gasteiger partial charge in [0.25, 0.3) is 5.91 Å². The van der Waals surface area contributed by atoms with Gasteiger partial charge in [0.1, 0.15) is 18.0 Å². The summed E-state index contributed by atoms with van der Waals surface area (Å²) in [5.74, 6) is -0.877. The molecule has 3 rings (SSSR count). The van der Waals surface area contributed by atoms with Gasteiger partial charge in [-0.25, -0.2) is 4.39 Å². The Bertz CT molecular complexity index is 647. The number of carbonyl (C=O) groups excluding carboxylic acids is 1. The minimum atomic E-state index is -0.496. The molecule has 5 nitrogen and oxygen atoms in total. The Kier molecular flexibility index (Phi) is 3.54. The molecule has 1 aromatic carbocycles. The fourth-order valence-corrected chi connectivity index (χ4v) is 3.29. The number of nitrogens with one attached hydrogen (secondary N) is 2. The van der Waals surface area contributed by atoms with Crippen molar-refractivity contribution in [3.8, 4) is 5.75 Å². The second kappa shape index (κ2) is 5.23. The van der Waals surface area contributed by atoms with Crippen LogP contribution in [0.2, 0.25) is 0 Å². The Morgan fingerprint density at radius 2 is 2.24 bits per heavy atom. The van der Waals surface area contributed by atoms with Gasteiger partial charge in [0, 0.05) is 18.2 Å². The zero-order chi connectivity index (χ0) is 15.1. The van der Waals surface area contributed by atoms with Crippen LogP contribution < -0.4 is 14.3 Å². The fourth-order valence-electron chi connectivity index (χ4n) is 2.57. The summed E-state index contributed by atoms with van der Waals surface area (Å²) in [4.78, 5) is 11.3. The molecule has 21 heavy (non-hydrogen) atoms. The zero-order valence-corrected chi connectivity index (χ0v) is 12.6. The van der Waals surface area contributed by atoms with Crippen LogP contribution in [-0.4, -0.2) is 30.1 Å². The Hall–Kier alpha value is -1.73. The van der Waals surface area contributed by atoms with E-state index in [0.717, 1.165) is 23.3 Å². The Morgan fingerprint density at radius 3 is 2.81 bits per heavy atom. The number of rotatable bonds is 2. The largest absolute Gasteiger partial charge is 0.506 e. The van der Waals surface area contributed by atoms with Crippen molar-refractivity contribution in [2.24, 2.45) is 0 Å². The van der Waals surface area contributed by atoms with E-state index in [2.05, 4.69) is 10.0 Å². The first-order chi connectivity index (χ1) is 9.99. The van der Waals surface area contributed by atoms with Gasteiger partial charge in [-0.05, 0) is 31.6 Å². The number of hydrogen-bond acceptors (Lipinski definition) is 5. The highest BCUT2D eigenvalue weighted by Gasteiger charge is 2.29. The molecule has 0 saturated carbocycles. The van der Waals surface area contributed by atoms with Crippen LogP contribution in [0.15, 0.2) is 17.7 Å². The maximum Gasteiger partial charge on any atom is 0.251 e. The monoisotopic (exact) mass is 309 g/mol. The van der Waals surface area contributed by atoms with Gasteiger partial charge in [-0.15, -0.1) is 0 Å². The van der Waals surface area contributed by atoms with Gasteiger partial charge in [0.05, 0.1) is 12.1 Å². The van der Waals surface area contributed by atoms with Gasteiger partial charge in [0.2, 0.25) is 0 Å². The van der Waals surface area contributed by atoms with Crippen LogP contribution in [0.25, 0.3) is 5.57 Å². The third kappa shape index (κ3) is 2.36. The van der Waals surface area contributed by atoms with Crippen LogP contribution in [0.1, 0.15) is 19.4 Å². The van der Waals surface area contributed by atoms with Gasteiger partial charge in [-0.3, -0.25) is 13.8 Å². The molecule has 0 spiro atoms. The van der Waals surface area contributed by atoms with Gasteiger partial charge in [0.15, 0.2) is 5.82 Å². The Balaban J connectivity index is 2.07. The first-order valence-electron chi connectivity index (χ1n) is 6.67. The van der Waals surface area contributed by atoms with Gasteiger partial charge in [-0.1, -0.05) is 5.57 Å². The van der Waals surface area contributed by atoms with E-state index in [1.54, 1.807) is 6.07 Å². The predicted molar refractivity (Wildman–Crippen MR) is 81.2 cm³/mol. The summed E-state index contributed by atoms with van der Waals surface area (Å²) in [6, 6.07) is 3.27. The second-order valence-corrected chi connectivity index (χ2v) is 6.04. The molecule has 3 N–H and O–H groups in total. The molecule has 1 saturated heterocycles. The van der Waals surface area contributed by atoms with E-state index in [1.165, 1.54) is 10.4 Å². The summed E-state index contributed by atoms with van der Waals surface area (Å²) in [6.45, 7) is 4.62. The first kappa shape index (κ1) is 14.2. The third-order valence-electron chi connectivity index (χ3n) is 3.94. The number of anilines is 1. The lowest BCUT2D eigenvalue weighted by atomic mass is 9.99. The van der Waals surface area contributed by atoms with Crippen molar-refractivity contribution >= 4 is 29.3 Å². The van der Waals surface area contributed by atoms with E-state index in [1.807, 2.05) is 13.8 Å². The van der Waals surface area contributed by atoms with Crippen molar-refractivity contribution in [1.82, 2.24) is 10.0 Å². The summed E-state index contributed by atoms with van der Waals surface area (Å²) in [7, 11) is 0. The molecular weight excluding hydrogens is 293 g/mol. The molecule has 112 valence electrons. The molecule has 0 radical (unpaired) electrons. The number of nitrogens with zero attached hydrogens (tertiary/aromatic N) is 1. The zero-order valence-electron chi connectivity index (χ0n) is 11.7. The number of amides is 1. The minimum absolute atomic E-state index is 0.0191. The molecular formula is C14H16FN3O2S. The van der Waals surface area contributed by atoms with Crippen LogP contribution >= 0.6 is 12.1 Å². The number of halogens is 1. The number of benzene rings is 1. The number of aromatic hydroxyl groups is 1. The number of carbonyl (C=O) groups is 1. The van der Waals surface area contributed by atoms with Crippen LogP contribution in [0, 0.1) is 5.82 Å². The molecule has 2 heterocycles. The first-order valence-corrected chi connectivity index (χ1v) is 7.44. The molecule has 1 aromatic rings. The summed E-state index contributed by atoms with van der Waals surface area (Å²) >= 11 is 0.987. The number of phenols is 1. The summed E-state index contributed by atoms with van der Waals surface area (Å²) < 4.78 is 18.8. The molecule has 1 fully saturated rings. The highest BCUT2D eigenvalue weighted by molar-refractivity contribution is 7.99. The maximum atomic E-state index is 14.8. The van der Waals surface area contributed by atoms with Gasteiger partial charge < -0.3 is 10.4 Å². The van der Waals surface area contributed by atoms with E-state index in [4.69, 9.17) is 0 Å².